The smallest absolute Gasteiger partial charge is 0.408 e. The Morgan fingerprint density at radius 2 is 1.81 bits per heavy atom. The zero-order valence-electron chi connectivity index (χ0n) is 12.7. The maximum atomic E-state index is 11.9. The van der Waals surface area contributed by atoms with Crippen molar-refractivity contribution in [1.82, 2.24) is 5.32 Å². The van der Waals surface area contributed by atoms with E-state index < -0.39 is 11.7 Å². The van der Waals surface area contributed by atoms with Crippen molar-refractivity contribution in [3.63, 3.8) is 0 Å². The second-order valence-electron chi connectivity index (χ2n) is 6.41. The molecular weight excluding hydrogens is 268 g/mol. The van der Waals surface area contributed by atoms with Gasteiger partial charge in [-0.3, -0.25) is 4.79 Å². The molecule has 3 N–H and O–H groups in total. The molecule has 1 aliphatic carbocycles. The summed E-state index contributed by atoms with van der Waals surface area (Å²) in [4.78, 5) is 23.4. The molecule has 114 valence electrons. The predicted molar refractivity (Wildman–Crippen MR) is 80.1 cm³/mol. The van der Waals surface area contributed by atoms with Crippen LogP contribution in [0.4, 0.5) is 4.79 Å². The Bertz CT molecular complexity index is 540. The van der Waals surface area contributed by atoms with Gasteiger partial charge in [-0.25, -0.2) is 4.79 Å². The van der Waals surface area contributed by atoms with E-state index in [0.29, 0.717) is 5.56 Å². The van der Waals surface area contributed by atoms with Gasteiger partial charge >= 0.3 is 6.09 Å². The van der Waals surface area contributed by atoms with Gasteiger partial charge in [-0.2, -0.15) is 0 Å². The molecule has 0 spiro atoms. The minimum absolute atomic E-state index is 0.000643. The highest BCUT2D eigenvalue weighted by atomic mass is 16.6. The number of nitrogens with two attached hydrogens (primary N) is 1. The van der Waals surface area contributed by atoms with Crippen LogP contribution in [0.2, 0.25) is 0 Å². The first-order valence-electron chi connectivity index (χ1n) is 7.11. The number of hydrogen-bond donors (Lipinski definition) is 2. The molecule has 1 saturated carbocycles. The first-order chi connectivity index (χ1) is 9.76. The van der Waals surface area contributed by atoms with Crippen LogP contribution in [0.5, 0.6) is 0 Å². The van der Waals surface area contributed by atoms with Crippen LogP contribution in [0.1, 0.15) is 49.5 Å². The van der Waals surface area contributed by atoms with Gasteiger partial charge in [0.2, 0.25) is 0 Å². The lowest BCUT2D eigenvalue weighted by Crippen LogP contribution is -2.39. The van der Waals surface area contributed by atoms with E-state index in [1.807, 2.05) is 32.9 Å². The number of benzene rings is 1. The van der Waals surface area contributed by atoms with E-state index in [9.17, 15) is 9.59 Å². The van der Waals surface area contributed by atoms with Gasteiger partial charge in [0.1, 0.15) is 5.60 Å². The number of Topliss-reactive ketones (excluding diaryl/α,β-unsaturated/α-hetero) is 1. The Morgan fingerprint density at radius 3 is 2.24 bits per heavy atom. The van der Waals surface area contributed by atoms with Crippen LogP contribution in [0.15, 0.2) is 24.3 Å². The third-order valence-electron chi connectivity index (χ3n) is 3.44. The van der Waals surface area contributed by atoms with E-state index in [0.717, 1.165) is 18.4 Å². The molecule has 21 heavy (non-hydrogen) atoms. The first kappa shape index (κ1) is 15.5. The molecule has 2 rings (SSSR count). The number of ether oxygens (including phenoxy) is 1. The molecule has 1 aromatic rings. The molecule has 5 heteroatoms. The lowest BCUT2D eigenvalue weighted by Gasteiger charge is -2.23. The SMILES string of the molecule is CC(C)(C)OC(=O)NC1(c2ccc(C(=O)CN)cc2)CC1. The standard InChI is InChI=1S/C16H22N2O3/c1-15(2,3)21-14(20)18-16(8-9-16)12-6-4-11(5-7-12)13(19)10-17/h4-7H,8-10,17H2,1-3H3,(H,18,20). The number of alkyl carbamates (subject to hydrolysis) is 1. The third-order valence-corrected chi connectivity index (χ3v) is 3.44. The highest BCUT2D eigenvalue weighted by Crippen LogP contribution is 2.45. The fraction of sp³-hybridized carbons (Fsp3) is 0.500. The van der Waals surface area contributed by atoms with Gasteiger partial charge < -0.3 is 15.8 Å². The quantitative estimate of drug-likeness (QED) is 0.834. The summed E-state index contributed by atoms with van der Waals surface area (Å²) in [6, 6.07) is 7.24. The van der Waals surface area contributed by atoms with Crippen molar-refractivity contribution in [2.24, 2.45) is 5.73 Å². The van der Waals surface area contributed by atoms with Crippen LogP contribution in [0.3, 0.4) is 0 Å². The molecule has 0 aliphatic heterocycles. The van der Waals surface area contributed by atoms with Crippen molar-refractivity contribution in [1.29, 1.82) is 0 Å². The maximum absolute atomic E-state index is 11.9. The zero-order valence-corrected chi connectivity index (χ0v) is 12.7. The number of ketones is 1. The van der Waals surface area contributed by atoms with Crippen LogP contribution >= 0.6 is 0 Å². The van der Waals surface area contributed by atoms with Crippen molar-refractivity contribution in [2.45, 2.75) is 44.8 Å². The molecule has 0 radical (unpaired) electrons. The van der Waals surface area contributed by atoms with Crippen molar-refractivity contribution >= 4 is 11.9 Å². The van der Waals surface area contributed by atoms with E-state index >= 15 is 0 Å². The third kappa shape index (κ3) is 3.82. The van der Waals surface area contributed by atoms with Crippen LogP contribution in [0.25, 0.3) is 0 Å². The fourth-order valence-corrected chi connectivity index (χ4v) is 2.20. The molecule has 0 heterocycles. The highest BCUT2D eigenvalue weighted by Gasteiger charge is 2.46. The second-order valence-corrected chi connectivity index (χ2v) is 6.41. The fourth-order valence-electron chi connectivity index (χ4n) is 2.20. The molecule has 0 aromatic heterocycles. The summed E-state index contributed by atoms with van der Waals surface area (Å²) in [6.07, 6.45) is 1.33. The Hall–Kier alpha value is -1.88. The normalized spacial score (nSPS) is 16.2. The number of nitrogens with one attached hydrogen (secondary N) is 1. The van der Waals surface area contributed by atoms with E-state index in [1.165, 1.54) is 0 Å². The summed E-state index contributed by atoms with van der Waals surface area (Å²) < 4.78 is 5.29. The van der Waals surface area contributed by atoms with E-state index in [1.54, 1.807) is 12.1 Å². The summed E-state index contributed by atoms with van der Waals surface area (Å²) in [5, 5.41) is 2.93. The van der Waals surface area contributed by atoms with Gasteiger partial charge in [0.15, 0.2) is 5.78 Å². The molecule has 1 fully saturated rings. The monoisotopic (exact) mass is 290 g/mol. The lowest BCUT2D eigenvalue weighted by atomic mass is 10.0. The molecule has 0 unspecified atom stereocenters. The van der Waals surface area contributed by atoms with Gasteiger partial charge in [-0.15, -0.1) is 0 Å². The van der Waals surface area contributed by atoms with Gasteiger partial charge in [0, 0.05) is 5.56 Å². The lowest BCUT2D eigenvalue weighted by molar-refractivity contribution is 0.0495. The summed E-state index contributed by atoms with van der Waals surface area (Å²) in [5.74, 6) is -0.0912. The molecule has 1 aromatic carbocycles. The van der Waals surface area contributed by atoms with E-state index in [4.69, 9.17) is 10.5 Å². The first-order valence-corrected chi connectivity index (χ1v) is 7.11. The molecule has 0 saturated heterocycles. The number of carbonyl (C=O) groups is 2. The summed E-state index contributed by atoms with van der Waals surface area (Å²) in [6.45, 7) is 5.50. The summed E-state index contributed by atoms with van der Waals surface area (Å²) in [5.41, 5.74) is 6.05. The minimum atomic E-state index is -0.516. The van der Waals surface area contributed by atoms with Gasteiger partial charge in [-0.1, -0.05) is 24.3 Å². The van der Waals surface area contributed by atoms with Crippen molar-refractivity contribution in [3.8, 4) is 0 Å². The minimum Gasteiger partial charge on any atom is -0.444 e. The van der Waals surface area contributed by atoms with E-state index in [-0.39, 0.29) is 17.9 Å². The zero-order chi connectivity index (χ0) is 15.7. The van der Waals surface area contributed by atoms with Crippen LogP contribution in [-0.4, -0.2) is 24.0 Å². The molecule has 5 nitrogen and oxygen atoms in total. The van der Waals surface area contributed by atoms with Gasteiger partial charge in [-0.05, 0) is 39.2 Å². The van der Waals surface area contributed by atoms with E-state index in [2.05, 4.69) is 5.32 Å². The van der Waals surface area contributed by atoms with Gasteiger partial charge in [0.25, 0.3) is 0 Å². The Balaban J connectivity index is 2.07. The number of amides is 1. The molecule has 0 bridgehead atoms. The van der Waals surface area contributed by atoms with Crippen molar-refractivity contribution in [2.75, 3.05) is 6.54 Å². The highest BCUT2D eigenvalue weighted by molar-refractivity contribution is 5.97. The summed E-state index contributed by atoms with van der Waals surface area (Å²) >= 11 is 0. The molecular formula is C16H22N2O3. The van der Waals surface area contributed by atoms with Crippen molar-refractivity contribution in [3.05, 3.63) is 35.4 Å². The Kier molecular flexibility index (Phi) is 4.05. The largest absolute Gasteiger partial charge is 0.444 e. The van der Waals surface area contributed by atoms with Crippen LogP contribution in [0, 0.1) is 0 Å². The molecule has 1 amide bonds. The number of rotatable bonds is 4. The Labute approximate surface area is 124 Å². The van der Waals surface area contributed by atoms with Crippen LogP contribution in [-0.2, 0) is 10.3 Å². The average molecular weight is 290 g/mol. The maximum Gasteiger partial charge on any atom is 0.408 e. The second kappa shape index (κ2) is 5.48. The number of carbonyl (C=O) groups excluding carboxylic acids is 2. The van der Waals surface area contributed by atoms with Gasteiger partial charge in [0.05, 0.1) is 12.1 Å². The predicted octanol–water partition coefficient (Wildman–Crippen LogP) is 2.34. The Morgan fingerprint density at radius 1 is 1.24 bits per heavy atom. The topological polar surface area (TPSA) is 81.4 Å². The van der Waals surface area contributed by atoms with Crippen LogP contribution < -0.4 is 11.1 Å². The molecule has 0 atom stereocenters. The molecule has 1 aliphatic rings. The summed E-state index contributed by atoms with van der Waals surface area (Å²) in [7, 11) is 0. The number of hydrogen-bond acceptors (Lipinski definition) is 4. The van der Waals surface area contributed by atoms with Crippen molar-refractivity contribution < 1.29 is 14.3 Å². The average Bonchev–Trinajstić information content (AvgIpc) is 3.16.